The monoisotopic (exact) mass is 471 g/mol. The number of nitrogens with zero attached hydrogens (tertiary/aromatic N) is 1. The average molecular weight is 472 g/mol. The molecule has 3 aliphatic heterocycles. The normalized spacial score (nSPS) is 36.9. The Labute approximate surface area is 197 Å². The summed E-state index contributed by atoms with van der Waals surface area (Å²) in [6, 6.07) is 3.77. The van der Waals surface area contributed by atoms with Crippen molar-refractivity contribution in [1.29, 1.82) is 0 Å². The summed E-state index contributed by atoms with van der Waals surface area (Å²) in [7, 11) is 2.02. The number of carbonyl (C=O) groups excluding carboxylic acids is 2. The molecule has 0 aromatic heterocycles. The molecule has 1 aromatic carbocycles. The Bertz CT molecular complexity index is 1130. The first kappa shape index (κ1) is 22.0. The standard InChI is InChI=1S/C25H29NO8/c1-23(2)33-16(22(29)34-23)11-18(28)31-15-6-7-25(30)17-10-13-4-5-14(12-27)20-19(13)24(25,21(15)32-20)8-9-26(17)3/h4-6,16-17,21,27,30H,7-12H2,1-3H3/t16?,17-,21+,24+,25-/m1/s1. The molecule has 5 aliphatic rings. The Kier molecular flexibility index (Phi) is 4.56. The van der Waals surface area contributed by atoms with Gasteiger partial charge in [-0.05, 0) is 38.1 Å². The molecule has 3 heterocycles. The van der Waals surface area contributed by atoms with E-state index in [1.54, 1.807) is 19.9 Å². The molecule has 0 radical (unpaired) electrons. The van der Waals surface area contributed by atoms with Gasteiger partial charge in [-0.2, -0.15) is 0 Å². The first-order valence-electron chi connectivity index (χ1n) is 11.8. The predicted octanol–water partition coefficient (Wildman–Crippen LogP) is 1.07. The molecule has 2 saturated heterocycles. The molecule has 9 heteroatoms. The molecule has 0 amide bonds. The van der Waals surface area contributed by atoms with E-state index in [1.165, 1.54) is 0 Å². The minimum absolute atomic E-state index is 0.108. The van der Waals surface area contributed by atoms with Crippen LogP contribution in [-0.4, -0.2) is 70.3 Å². The van der Waals surface area contributed by atoms with Crippen molar-refractivity contribution in [2.45, 2.75) is 81.2 Å². The molecular formula is C25H29NO8. The summed E-state index contributed by atoms with van der Waals surface area (Å²) in [6.45, 7) is 3.79. The Morgan fingerprint density at radius 3 is 2.82 bits per heavy atom. The van der Waals surface area contributed by atoms with E-state index in [0.29, 0.717) is 36.3 Å². The fraction of sp³-hybridized carbons (Fsp3) is 0.600. The van der Waals surface area contributed by atoms with Gasteiger partial charge in [0.2, 0.25) is 5.79 Å². The van der Waals surface area contributed by atoms with Crippen molar-refractivity contribution in [3.8, 4) is 5.75 Å². The van der Waals surface area contributed by atoms with E-state index < -0.39 is 40.9 Å². The van der Waals surface area contributed by atoms with E-state index in [9.17, 15) is 19.8 Å². The minimum Gasteiger partial charge on any atom is -0.481 e. The van der Waals surface area contributed by atoms with Gasteiger partial charge in [0, 0.05) is 37.4 Å². The van der Waals surface area contributed by atoms with Crippen molar-refractivity contribution in [3.63, 3.8) is 0 Å². The van der Waals surface area contributed by atoms with Gasteiger partial charge in [-0.25, -0.2) is 4.79 Å². The van der Waals surface area contributed by atoms with E-state index in [1.807, 2.05) is 19.2 Å². The van der Waals surface area contributed by atoms with E-state index >= 15 is 0 Å². The van der Waals surface area contributed by atoms with Gasteiger partial charge in [-0.1, -0.05) is 12.1 Å². The number of hydrogen-bond acceptors (Lipinski definition) is 9. The summed E-state index contributed by atoms with van der Waals surface area (Å²) in [5.74, 6) is -1.40. The van der Waals surface area contributed by atoms with Crippen LogP contribution in [0.2, 0.25) is 0 Å². The zero-order valence-corrected chi connectivity index (χ0v) is 19.5. The largest absolute Gasteiger partial charge is 0.481 e. The quantitative estimate of drug-likeness (QED) is 0.622. The number of esters is 2. The van der Waals surface area contributed by atoms with Crippen molar-refractivity contribution < 1.29 is 38.7 Å². The van der Waals surface area contributed by atoms with Crippen molar-refractivity contribution in [2.75, 3.05) is 13.6 Å². The maximum absolute atomic E-state index is 12.9. The topological polar surface area (TPSA) is 115 Å². The lowest BCUT2D eigenvalue weighted by Gasteiger charge is -2.61. The maximum Gasteiger partial charge on any atom is 0.338 e. The fourth-order valence-corrected chi connectivity index (χ4v) is 6.80. The molecule has 1 unspecified atom stereocenters. The molecule has 34 heavy (non-hydrogen) atoms. The molecule has 0 saturated carbocycles. The number of ether oxygens (including phenoxy) is 4. The second kappa shape index (κ2) is 7.04. The predicted molar refractivity (Wildman–Crippen MR) is 117 cm³/mol. The van der Waals surface area contributed by atoms with Gasteiger partial charge in [0.25, 0.3) is 0 Å². The zero-order chi connectivity index (χ0) is 24.0. The van der Waals surface area contributed by atoms with E-state index in [4.69, 9.17) is 18.9 Å². The van der Waals surface area contributed by atoms with Crippen molar-refractivity contribution >= 4 is 11.9 Å². The Balaban J connectivity index is 1.36. The third-order valence-corrected chi connectivity index (χ3v) is 8.25. The summed E-state index contributed by atoms with van der Waals surface area (Å²) >= 11 is 0. The molecule has 5 atom stereocenters. The van der Waals surface area contributed by atoms with Gasteiger partial charge in [0.15, 0.2) is 12.2 Å². The zero-order valence-electron chi connectivity index (χ0n) is 19.5. The second-order valence-corrected chi connectivity index (χ2v) is 10.5. The van der Waals surface area contributed by atoms with Crippen LogP contribution in [0.25, 0.3) is 0 Å². The van der Waals surface area contributed by atoms with Crippen molar-refractivity contribution in [1.82, 2.24) is 4.90 Å². The number of hydrogen-bond donors (Lipinski definition) is 2. The van der Waals surface area contributed by atoms with Gasteiger partial charge < -0.3 is 34.1 Å². The smallest absolute Gasteiger partial charge is 0.338 e. The molecule has 2 fully saturated rings. The highest BCUT2D eigenvalue weighted by Crippen LogP contribution is 2.64. The summed E-state index contributed by atoms with van der Waals surface area (Å²) < 4.78 is 22.9. The number of piperidine rings is 1. The van der Waals surface area contributed by atoms with Crippen LogP contribution in [0.1, 0.15) is 49.8 Å². The van der Waals surface area contributed by atoms with Crippen LogP contribution in [0.5, 0.6) is 5.75 Å². The van der Waals surface area contributed by atoms with Crippen LogP contribution in [-0.2, 0) is 42.2 Å². The van der Waals surface area contributed by atoms with Gasteiger partial charge in [-0.15, -0.1) is 0 Å². The molecule has 1 aromatic rings. The summed E-state index contributed by atoms with van der Waals surface area (Å²) in [4.78, 5) is 27.1. The van der Waals surface area contributed by atoms with Crippen LogP contribution < -0.4 is 4.74 Å². The van der Waals surface area contributed by atoms with Gasteiger partial charge >= 0.3 is 11.9 Å². The lowest BCUT2D eigenvalue weighted by Crippen LogP contribution is -2.74. The van der Waals surface area contributed by atoms with Gasteiger partial charge in [0.05, 0.1) is 24.0 Å². The molecule has 182 valence electrons. The summed E-state index contributed by atoms with van der Waals surface area (Å²) in [6.07, 6.45) is 1.33. The number of cyclic esters (lactones) is 1. The second-order valence-electron chi connectivity index (χ2n) is 10.5. The number of carbonyl (C=O) groups is 2. The number of aliphatic hydroxyl groups excluding tert-OH is 1. The number of benzene rings is 1. The highest BCUT2D eigenvalue weighted by molar-refractivity contribution is 5.83. The number of aliphatic hydroxyl groups is 2. The molecular weight excluding hydrogens is 442 g/mol. The van der Waals surface area contributed by atoms with Gasteiger partial charge in [-0.3, -0.25) is 4.79 Å². The van der Waals surface area contributed by atoms with Crippen molar-refractivity contribution in [2.24, 2.45) is 0 Å². The Hall–Kier alpha value is -2.46. The fourth-order valence-electron chi connectivity index (χ4n) is 6.80. The summed E-state index contributed by atoms with van der Waals surface area (Å²) in [5.41, 5.74) is 0.787. The molecule has 2 aliphatic carbocycles. The molecule has 2 bridgehead atoms. The third kappa shape index (κ3) is 2.75. The lowest BCUT2D eigenvalue weighted by atomic mass is 9.50. The molecule has 1 spiro atoms. The lowest BCUT2D eigenvalue weighted by molar-refractivity contribution is -0.171. The Morgan fingerprint density at radius 2 is 2.12 bits per heavy atom. The highest BCUT2D eigenvalue weighted by Gasteiger charge is 2.71. The Morgan fingerprint density at radius 1 is 1.32 bits per heavy atom. The first-order valence-corrected chi connectivity index (χ1v) is 11.8. The molecule has 2 N–H and O–H groups in total. The number of rotatable bonds is 4. The van der Waals surface area contributed by atoms with E-state index in [2.05, 4.69) is 4.90 Å². The third-order valence-electron chi connectivity index (χ3n) is 8.25. The van der Waals surface area contributed by atoms with Gasteiger partial charge in [0.1, 0.15) is 11.5 Å². The van der Waals surface area contributed by atoms with E-state index in [-0.39, 0.29) is 19.1 Å². The average Bonchev–Trinajstić information content (AvgIpc) is 3.25. The first-order chi connectivity index (χ1) is 16.1. The number of likely N-dealkylation sites (N-methyl/N-ethyl adjacent to an activating group) is 1. The van der Waals surface area contributed by atoms with Crippen LogP contribution in [0, 0.1) is 0 Å². The van der Waals surface area contributed by atoms with E-state index in [0.717, 1.165) is 17.7 Å². The molecule has 9 nitrogen and oxygen atoms in total. The highest BCUT2D eigenvalue weighted by atomic mass is 16.8. The van der Waals surface area contributed by atoms with Crippen LogP contribution in [0.4, 0.5) is 0 Å². The van der Waals surface area contributed by atoms with Crippen LogP contribution in [0.3, 0.4) is 0 Å². The molecule has 6 rings (SSSR count). The van der Waals surface area contributed by atoms with Crippen LogP contribution in [0.15, 0.2) is 24.0 Å². The van der Waals surface area contributed by atoms with Crippen LogP contribution >= 0.6 is 0 Å². The minimum atomic E-state index is -1.10. The number of likely N-dealkylation sites (tertiary alicyclic amines) is 1. The van der Waals surface area contributed by atoms with Crippen molar-refractivity contribution in [3.05, 3.63) is 40.7 Å². The maximum atomic E-state index is 12.9. The SMILES string of the molecule is CN1CC[C@]23c4c5ccc(CO)c4O[C@H]2C(OC(=O)CC2OC(C)(C)OC2=O)=CC[C@@]3(O)[C@H]1C5. The summed E-state index contributed by atoms with van der Waals surface area (Å²) in [5, 5.41) is 22.1.